The number of pyridine rings is 3. The molecule has 3 aromatic carbocycles. The lowest BCUT2D eigenvalue weighted by molar-refractivity contribution is 0.465. The Labute approximate surface area is 245 Å². The molecule has 5 nitrogen and oxygen atoms in total. The van der Waals surface area contributed by atoms with Gasteiger partial charge in [0.2, 0.25) is 0 Å². The second-order valence-corrected chi connectivity index (χ2v) is 11.0. The van der Waals surface area contributed by atoms with E-state index in [0.29, 0.717) is 0 Å². The Balaban J connectivity index is 1.36. The van der Waals surface area contributed by atoms with Crippen LogP contribution in [0.4, 0.5) is 0 Å². The Hall–Kier alpha value is -5.23. The maximum atomic E-state index is 6.83. The number of hydrogen-bond donors (Lipinski definition) is 0. The van der Waals surface area contributed by atoms with Crippen LogP contribution in [-0.2, 0) is 0 Å². The highest BCUT2D eigenvalue weighted by Gasteiger charge is 2.41. The molecule has 0 atom stereocenters. The molecule has 6 heteroatoms. The van der Waals surface area contributed by atoms with E-state index in [1.54, 1.807) is 0 Å². The fraction of sp³-hybridized carbons (Fsp3) is 0.0833. The molecule has 6 aromatic rings. The van der Waals surface area contributed by atoms with E-state index in [9.17, 15) is 0 Å². The van der Waals surface area contributed by atoms with Crippen molar-refractivity contribution in [3.05, 3.63) is 120 Å². The summed E-state index contributed by atoms with van der Waals surface area (Å²) in [6, 6.07) is 29.2. The van der Waals surface area contributed by atoms with Crippen LogP contribution in [0.25, 0.3) is 33.8 Å². The number of nitrogens with zero attached hydrogens (tertiary/aromatic N) is 3. The Morgan fingerprint density at radius 3 is 1.60 bits per heavy atom. The minimum absolute atomic E-state index is 0.0655. The van der Waals surface area contributed by atoms with Gasteiger partial charge in [0.1, 0.15) is 23.0 Å². The molecule has 0 saturated carbocycles. The van der Waals surface area contributed by atoms with Crippen LogP contribution in [0.5, 0.6) is 23.0 Å². The quantitative estimate of drug-likeness (QED) is 0.238. The highest BCUT2D eigenvalue weighted by molar-refractivity contribution is 6.98. The fourth-order valence-corrected chi connectivity index (χ4v) is 6.31. The molecule has 0 aliphatic carbocycles. The zero-order valence-corrected chi connectivity index (χ0v) is 23.6. The molecule has 200 valence electrons. The van der Waals surface area contributed by atoms with Crippen molar-refractivity contribution in [3.8, 4) is 56.8 Å². The van der Waals surface area contributed by atoms with Crippen LogP contribution in [0.3, 0.4) is 0 Å². The number of hydrogen-bond acceptors (Lipinski definition) is 5. The lowest BCUT2D eigenvalue weighted by atomic mass is 9.34. The van der Waals surface area contributed by atoms with Crippen molar-refractivity contribution in [1.82, 2.24) is 15.0 Å². The first kappa shape index (κ1) is 24.6. The van der Waals surface area contributed by atoms with E-state index in [2.05, 4.69) is 97.5 Å². The third-order valence-electron chi connectivity index (χ3n) is 8.36. The summed E-state index contributed by atoms with van der Waals surface area (Å²) >= 11 is 0. The Kier molecular flexibility index (Phi) is 5.51. The summed E-state index contributed by atoms with van der Waals surface area (Å²) in [6.45, 7) is 6.18. The lowest BCUT2D eigenvalue weighted by Gasteiger charge is -2.34. The Bertz CT molecular complexity index is 2040. The molecule has 0 saturated heterocycles. The molecular formula is C36H26BN3O2. The van der Waals surface area contributed by atoms with Crippen LogP contribution >= 0.6 is 0 Å². The van der Waals surface area contributed by atoms with Gasteiger partial charge in [-0.05, 0) is 90.9 Å². The minimum atomic E-state index is -0.0655. The normalized spacial score (nSPS) is 12.5. The predicted octanol–water partition coefficient (Wildman–Crippen LogP) is 6.53. The highest BCUT2D eigenvalue weighted by atomic mass is 16.5. The molecule has 2 aliphatic heterocycles. The lowest BCUT2D eigenvalue weighted by Crippen LogP contribution is -2.57. The summed E-state index contributed by atoms with van der Waals surface area (Å²) in [5.74, 6) is 3.24. The topological polar surface area (TPSA) is 57.1 Å². The monoisotopic (exact) mass is 543 g/mol. The number of aromatic nitrogens is 3. The summed E-state index contributed by atoms with van der Waals surface area (Å²) in [6.07, 6.45) is 5.50. The zero-order chi connectivity index (χ0) is 28.4. The van der Waals surface area contributed by atoms with Crippen LogP contribution in [0.2, 0.25) is 0 Å². The third-order valence-corrected chi connectivity index (χ3v) is 8.36. The van der Waals surface area contributed by atoms with Crippen molar-refractivity contribution >= 4 is 23.1 Å². The van der Waals surface area contributed by atoms with Crippen molar-refractivity contribution < 1.29 is 9.47 Å². The first-order valence-electron chi connectivity index (χ1n) is 14.1. The average molecular weight is 543 g/mol. The summed E-state index contributed by atoms with van der Waals surface area (Å²) in [5, 5.41) is 0. The van der Waals surface area contributed by atoms with Gasteiger partial charge in [0.25, 0.3) is 6.71 Å². The maximum absolute atomic E-state index is 6.83. The standard InChI is InChI=1S/C36H26BN3O2/c1-21-7-4-16-38-33(21)24-10-13-27-30(19-24)41-29-15-12-26(35-23(3)9-6-18-40-35)36-32(29)37(27)28-14-11-25(20-31(28)42-36)34-22(2)8-5-17-39-34/h4-20H,1-3H3. The SMILES string of the molecule is Cc1cccnc1-c1ccc2c(c1)Oc1ccc(-c3ncccc3C)c3c1B2c1ccc(-c2ncccc2C)cc1O3. The molecule has 0 N–H and O–H groups in total. The fourth-order valence-electron chi connectivity index (χ4n) is 6.31. The molecule has 0 radical (unpaired) electrons. The molecule has 3 aromatic heterocycles. The molecule has 0 bridgehead atoms. The van der Waals surface area contributed by atoms with Crippen molar-refractivity contribution in [2.75, 3.05) is 0 Å². The number of fused-ring (bicyclic) bond motifs is 4. The average Bonchev–Trinajstić information content (AvgIpc) is 3.01. The molecule has 0 amide bonds. The highest BCUT2D eigenvalue weighted by Crippen LogP contribution is 2.42. The predicted molar refractivity (Wildman–Crippen MR) is 168 cm³/mol. The molecule has 0 spiro atoms. The molecule has 8 rings (SSSR count). The van der Waals surface area contributed by atoms with E-state index in [0.717, 1.165) is 89.8 Å². The summed E-state index contributed by atoms with van der Waals surface area (Å²) < 4.78 is 13.5. The van der Waals surface area contributed by atoms with Gasteiger partial charge in [0.05, 0.1) is 17.1 Å². The van der Waals surface area contributed by atoms with Gasteiger partial charge in [0.15, 0.2) is 0 Å². The van der Waals surface area contributed by atoms with Crippen molar-refractivity contribution in [3.63, 3.8) is 0 Å². The van der Waals surface area contributed by atoms with Crippen LogP contribution in [0, 0.1) is 20.8 Å². The molecular weight excluding hydrogens is 517 g/mol. The van der Waals surface area contributed by atoms with Gasteiger partial charge in [-0.3, -0.25) is 15.0 Å². The smallest absolute Gasteiger partial charge is 0.260 e. The number of benzene rings is 3. The molecule has 0 fully saturated rings. The van der Waals surface area contributed by atoms with Gasteiger partial charge in [-0.15, -0.1) is 0 Å². The molecule has 2 aliphatic rings. The van der Waals surface area contributed by atoms with Crippen molar-refractivity contribution in [2.24, 2.45) is 0 Å². The summed E-state index contributed by atoms with van der Waals surface area (Å²) in [5.41, 5.74) is 12.4. The second-order valence-electron chi connectivity index (χ2n) is 11.0. The minimum Gasteiger partial charge on any atom is -0.458 e. The van der Waals surface area contributed by atoms with Crippen LogP contribution in [0.1, 0.15) is 16.7 Å². The van der Waals surface area contributed by atoms with Crippen molar-refractivity contribution in [2.45, 2.75) is 20.8 Å². The van der Waals surface area contributed by atoms with Gasteiger partial charge in [-0.2, -0.15) is 0 Å². The van der Waals surface area contributed by atoms with E-state index in [1.807, 2.05) is 36.8 Å². The molecule has 42 heavy (non-hydrogen) atoms. The summed E-state index contributed by atoms with van der Waals surface area (Å²) in [7, 11) is 0. The maximum Gasteiger partial charge on any atom is 0.260 e. The largest absolute Gasteiger partial charge is 0.458 e. The van der Waals surface area contributed by atoms with Gasteiger partial charge in [-0.25, -0.2) is 0 Å². The molecule has 0 unspecified atom stereocenters. The third kappa shape index (κ3) is 3.76. The van der Waals surface area contributed by atoms with Crippen LogP contribution in [-0.4, -0.2) is 21.7 Å². The zero-order valence-electron chi connectivity index (χ0n) is 23.6. The van der Waals surface area contributed by atoms with Gasteiger partial charge in [-0.1, -0.05) is 42.5 Å². The second kappa shape index (κ2) is 9.42. The number of aryl methyl sites for hydroxylation is 3. The first-order valence-corrected chi connectivity index (χ1v) is 14.1. The number of rotatable bonds is 3. The van der Waals surface area contributed by atoms with Crippen molar-refractivity contribution in [1.29, 1.82) is 0 Å². The van der Waals surface area contributed by atoms with Gasteiger partial charge < -0.3 is 9.47 Å². The van der Waals surface area contributed by atoms with E-state index in [4.69, 9.17) is 14.5 Å². The number of ether oxygens (including phenoxy) is 2. The first-order chi connectivity index (χ1) is 20.6. The van der Waals surface area contributed by atoms with Crippen LogP contribution < -0.4 is 25.9 Å². The van der Waals surface area contributed by atoms with Crippen LogP contribution in [0.15, 0.2) is 104 Å². The van der Waals surface area contributed by atoms with Gasteiger partial charge >= 0.3 is 0 Å². The Morgan fingerprint density at radius 1 is 0.524 bits per heavy atom. The van der Waals surface area contributed by atoms with E-state index < -0.39 is 0 Å². The molecule has 5 heterocycles. The van der Waals surface area contributed by atoms with Gasteiger partial charge in [0, 0.05) is 40.7 Å². The van der Waals surface area contributed by atoms with E-state index in [-0.39, 0.29) is 6.71 Å². The Morgan fingerprint density at radius 2 is 1.05 bits per heavy atom. The van der Waals surface area contributed by atoms with E-state index in [1.165, 1.54) is 0 Å². The summed E-state index contributed by atoms with van der Waals surface area (Å²) in [4.78, 5) is 14.1. The van der Waals surface area contributed by atoms with E-state index >= 15 is 0 Å².